The third-order valence-corrected chi connectivity index (χ3v) is 6.57. The molecule has 0 aliphatic carbocycles. The van der Waals surface area contributed by atoms with Crippen molar-refractivity contribution in [2.75, 3.05) is 14.2 Å². The number of esters is 2. The molecule has 0 radical (unpaired) electrons. The van der Waals surface area contributed by atoms with Gasteiger partial charge in [0.1, 0.15) is 11.4 Å². The summed E-state index contributed by atoms with van der Waals surface area (Å²) in [6.45, 7) is 0. The Morgan fingerprint density at radius 3 is 2.19 bits per heavy atom. The molecule has 0 spiro atoms. The Kier molecular flexibility index (Phi) is 5.12. The molecule has 158 valence electrons. The molecule has 2 aromatic carbocycles. The van der Waals surface area contributed by atoms with Crippen LogP contribution in [-0.2, 0) is 19.5 Å². The van der Waals surface area contributed by atoms with E-state index in [1.54, 1.807) is 42.5 Å². The molecule has 0 amide bonds. The van der Waals surface area contributed by atoms with Crippen LogP contribution in [0, 0.1) is 0 Å². The standard InChI is InChI=1S/C22H18N2O6S/c1-29-21(25)18-12-16(20(23-18)22(26)30-2)17-13-24(19-11-7-6-10-15(17)19)31(27,28)14-8-4-3-5-9-14/h3-13,23H,1-2H3. The largest absolute Gasteiger partial charge is 0.464 e. The summed E-state index contributed by atoms with van der Waals surface area (Å²) in [5.74, 6) is -1.37. The smallest absolute Gasteiger partial charge is 0.355 e. The number of aromatic nitrogens is 2. The summed E-state index contributed by atoms with van der Waals surface area (Å²) in [6.07, 6.45) is 1.43. The minimum absolute atomic E-state index is 0.0166. The van der Waals surface area contributed by atoms with Crippen LogP contribution in [0.1, 0.15) is 21.0 Å². The normalized spacial score (nSPS) is 11.4. The number of hydrogen-bond donors (Lipinski definition) is 1. The summed E-state index contributed by atoms with van der Waals surface area (Å²) in [5.41, 5.74) is 1.26. The highest BCUT2D eigenvalue weighted by atomic mass is 32.2. The Balaban J connectivity index is 2.01. The molecular formula is C22H18N2O6S. The van der Waals surface area contributed by atoms with Crippen LogP contribution in [-0.4, -0.2) is 43.5 Å². The van der Waals surface area contributed by atoms with Crippen molar-refractivity contribution in [3.8, 4) is 11.1 Å². The number of H-pyrrole nitrogens is 1. The number of rotatable bonds is 5. The van der Waals surface area contributed by atoms with E-state index in [0.717, 1.165) is 0 Å². The van der Waals surface area contributed by atoms with Gasteiger partial charge in [0, 0.05) is 22.7 Å². The first-order valence-electron chi connectivity index (χ1n) is 9.19. The van der Waals surface area contributed by atoms with Crippen LogP contribution < -0.4 is 0 Å². The highest BCUT2D eigenvalue weighted by Crippen LogP contribution is 2.35. The van der Waals surface area contributed by atoms with Gasteiger partial charge < -0.3 is 14.5 Å². The quantitative estimate of drug-likeness (QED) is 0.478. The van der Waals surface area contributed by atoms with Crippen LogP contribution in [0.15, 0.2) is 71.8 Å². The van der Waals surface area contributed by atoms with Crippen molar-refractivity contribution in [1.29, 1.82) is 0 Å². The van der Waals surface area contributed by atoms with Crippen LogP contribution in [0.25, 0.3) is 22.0 Å². The SMILES string of the molecule is COC(=O)c1cc(-c2cn(S(=O)(=O)c3ccccc3)c3ccccc23)c(C(=O)OC)[nH]1. The Morgan fingerprint density at radius 1 is 0.871 bits per heavy atom. The maximum Gasteiger partial charge on any atom is 0.355 e. The monoisotopic (exact) mass is 438 g/mol. The molecule has 4 aromatic rings. The Morgan fingerprint density at radius 2 is 1.52 bits per heavy atom. The number of benzene rings is 2. The second kappa shape index (κ2) is 7.77. The van der Waals surface area contributed by atoms with Crippen molar-refractivity contribution in [2.45, 2.75) is 4.90 Å². The van der Waals surface area contributed by atoms with Gasteiger partial charge in [0.05, 0.1) is 24.6 Å². The molecule has 0 fully saturated rings. The van der Waals surface area contributed by atoms with Crippen LogP contribution >= 0.6 is 0 Å². The van der Waals surface area contributed by atoms with Crippen molar-refractivity contribution in [3.63, 3.8) is 0 Å². The van der Waals surface area contributed by atoms with E-state index in [4.69, 9.17) is 9.47 Å². The van der Waals surface area contributed by atoms with Gasteiger partial charge in [-0.2, -0.15) is 0 Å². The number of fused-ring (bicyclic) bond motifs is 1. The van der Waals surface area contributed by atoms with Gasteiger partial charge >= 0.3 is 11.9 Å². The van der Waals surface area contributed by atoms with E-state index in [1.807, 2.05) is 0 Å². The number of nitrogens with one attached hydrogen (secondary N) is 1. The topological polar surface area (TPSA) is 107 Å². The molecule has 8 nitrogen and oxygen atoms in total. The lowest BCUT2D eigenvalue weighted by molar-refractivity contribution is 0.0590. The van der Waals surface area contributed by atoms with Gasteiger partial charge in [0.25, 0.3) is 10.0 Å². The minimum atomic E-state index is -3.91. The molecule has 0 saturated carbocycles. The highest BCUT2D eigenvalue weighted by molar-refractivity contribution is 7.90. The third-order valence-electron chi connectivity index (χ3n) is 4.88. The number of hydrogen-bond acceptors (Lipinski definition) is 6. The zero-order valence-corrected chi connectivity index (χ0v) is 17.5. The lowest BCUT2D eigenvalue weighted by Gasteiger charge is -2.07. The van der Waals surface area contributed by atoms with E-state index in [9.17, 15) is 18.0 Å². The zero-order valence-electron chi connectivity index (χ0n) is 16.7. The fourth-order valence-corrected chi connectivity index (χ4v) is 4.81. The predicted octanol–water partition coefficient (Wildman–Crippen LogP) is 3.45. The van der Waals surface area contributed by atoms with Gasteiger partial charge in [-0.15, -0.1) is 0 Å². The third kappa shape index (κ3) is 3.38. The number of methoxy groups -OCH3 is 2. The van der Waals surface area contributed by atoms with Gasteiger partial charge in [-0.05, 0) is 24.3 Å². The molecule has 0 aliphatic rings. The van der Waals surface area contributed by atoms with Gasteiger partial charge in [-0.25, -0.2) is 22.0 Å². The van der Waals surface area contributed by atoms with Crippen molar-refractivity contribution in [1.82, 2.24) is 8.96 Å². The first kappa shape index (κ1) is 20.4. The van der Waals surface area contributed by atoms with Crippen LogP contribution in [0.5, 0.6) is 0 Å². The minimum Gasteiger partial charge on any atom is -0.464 e. The molecule has 31 heavy (non-hydrogen) atoms. The maximum atomic E-state index is 13.3. The van der Waals surface area contributed by atoms with Gasteiger partial charge in [0.2, 0.25) is 0 Å². The van der Waals surface area contributed by atoms with Gasteiger partial charge in [-0.1, -0.05) is 36.4 Å². The molecule has 0 bridgehead atoms. The van der Waals surface area contributed by atoms with Gasteiger partial charge in [-0.3, -0.25) is 0 Å². The fraction of sp³-hybridized carbons (Fsp3) is 0.0909. The van der Waals surface area contributed by atoms with E-state index in [2.05, 4.69) is 4.98 Å². The molecule has 9 heteroatoms. The summed E-state index contributed by atoms with van der Waals surface area (Å²) >= 11 is 0. The highest BCUT2D eigenvalue weighted by Gasteiger charge is 2.26. The molecule has 2 aromatic heterocycles. The first-order valence-corrected chi connectivity index (χ1v) is 10.6. The molecule has 0 unspecified atom stereocenters. The number of carbonyl (C=O) groups excluding carboxylic acids is 2. The van der Waals surface area contributed by atoms with Gasteiger partial charge in [0.15, 0.2) is 0 Å². The summed E-state index contributed by atoms with van der Waals surface area (Å²) < 4.78 is 37.4. The number of ether oxygens (including phenoxy) is 2. The van der Waals surface area contributed by atoms with Crippen molar-refractivity contribution in [3.05, 3.63) is 78.2 Å². The lowest BCUT2D eigenvalue weighted by atomic mass is 10.0. The molecule has 0 saturated heterocycles. The van der Waals surface area contributed by atoms with Crippen molar-refractivity contribution < 1.29 is 27.5 Å². The van der Waals surface area contributed by atoms with Crippen molar-refractivity contribution >= 4 is 32.9 Å². The summed E-state index contributed by atoms with van der Waals surface area (Å²) in [6, 6.07) is 16.4. The molecule has 0 atom stereocenters. The van der Waals surface area contributed by atoms with Crippen LogP contribution in [0.2, 0.25) is 0 Å². The van der Waals surface area contributed by atoms with E-state index in [1.165, 1.54) is 42.6 Å². The number of carbonyl (C=O) groups is 2. The Bertz CT molecular complexity index is 1400. The zero-order chi connectivity index (χ0) is 22.2. The van der Waals surface area contributed by atoms with E-state index in [0.29, 0.717) is 22.0 Å². The fourth-order valence-electron chi connectivity index (χ4n) is 3.42. The second-order valence-electron chi connectivity index (χ2n) is 6.63. The average Bonchev–Trinajstić information content (AvgIpc) is 3.41. The average molecular weight is 438 g/mol. The number of nitrogens with zero attached hydrogens (tertiary/aromatic N) is 1. The van der Waals surface area contributed by atoms with E-state index in [-0.39, 0.29) is 16.3 Å². The molecule has 4 rings (SSSR count). The molecular weight excluding hydrogens is 420 g/mol. The van der Waals surface area contributed by atoms with Crippen molar-refractivity contribution in [2.24, 2.45) is 0 Å². The first-order chi connectivity index (χ1) is 14.9. The maximum absolute atomic E-state index is 13.3. The van der Waals surface area contributed by atoms with Crippen LogP contribution in [0.4, 0.5) is 0 Å². The number of para-hydroxylation sites is 1. The van der Waals surface area contributed by atoms with E-state index < -0.39 is 22.0 Å². The summed E-state index contributed by atoms with van der Waals surface area (Å²) in [7, 11) is -1.47. The Hall–Kier alpha value is -3.85. The van der Waals surface area contributed by atoms with E-state index >= 15 is 0 Å². The second-order valence-corrected chi connectivity index (χ2v) is 8.44. The summed E-state index contributed by atoms with van der Waals surface area (Å²) in [4.78, 5) is 27.2. The lowest BCUT2D eigenvalue weighted by Crippen LogP contribution is -2.11. The van der Waals surface area contributed by atoms with Crippen LogP contribution in [0.3, 0.4) is 0 Å². The molecule has 0 aliphatic heterocycles. The molecule has 2 heterocycles. The number of aromatic amines is 1. The molecule has 1 N–H and O–H groups in total. The summed E-state index contributed by atoms with van der Waals surface area (Å²) in [5, 5.41) is 0.586. The Labute approximate surface area is 178 Å². The predicted molar refractivity (Wildman–Crippen MR) is 113 cm³/mol.